The van der Waals surface area contributed by atoms with Gasteiger partial charge in [0.1, 0.15) is 23.9 Å². The number of ether oxygens (including phenoxy) is 3. The van der Waals surface area contributed by atoms with Gasteiger partial charge in [-0.05, 0) is 66.3 Å². The maximum absolute atomic E-state index is 14.6. The molecule has 1 N–H and O–H groups in total. The second-order valence-electron chi connectivity index (χ2n) is 12.6. The molecule has 2 atom stereocenters. The van der Waals surface area contributed by atoms with E-state index in [1.165, 1.54) is 23.7 Å². The number of aliphatic carboxylic acids is 1. The minimum atomic E-state index is -1.26. The van der Waals surface area contributed by atoms with E-state index in [0.717, 1.165) is 49.6 Å². The number of carboxylic acid groups (broad SMARTS) is 1. The first-order valence-corrected chi connectivity index (χ1v) is 17.5. The number of hydrogen-bond donors (Lipinski definition) is 1. The molecule has 1 aliphatic heterocycles. The van der Waals surface area contributed by atoms with Crippen LogP contribution < -0.4 is 9.47 Å². The number of likely N-dealkylation sites (N-methyl/N-ethyl adjacent to an activating group) is 1. The van der Waals surface area contributed by atoms with Gasteiger partial charge in [0.15, 0.2) is 0 Å². The number of pyridine rings is 1. The van der Waals surface area contributed by atoms with Gasteiger partial charge in [0.05, 0.1) is 27.9 Å². The molecule has 0 amide bonds. The lowest BCUT2D eigenvalue weighted by Crippen LogP contribution is -2.45. The Bertz CT molecular complexity index is 1900. The first-order chi connectivity index (χ1) is 23.6. The molecule has 12 heteroatoms. The fraction of sp³-hybridized carbons (Fsp3) is 0.378. The van der Waals surface area contributed by atoms with Gasteiger partial charge in [-0.1, -0.05) is 48.9 Å². The molecule has 0 saturated carbocycles. The van der Waals surface area contributed by atoms with Crippen LogP contribution in [0.3, 0.4) is 0 Å². The van der Waals surface area contributed by atoms with E-state index in [0.29, 0.717) is 56.3 Å². The maximum atomic E-state index is 14.6. The van der Waals surface area contributed by atoms with Crippen molar-refractivity contribution in [2.24, 2.45) is 5.92 Å². The Morgan fingerprint density at radius 1 is 1.16 bits per heavy atom. The molecule has 0 bridgehead atoms. The van der Waals surface area contributed by atoms with Crippen LogP contribution in [0.15, 0.2) is 71.1 Å². The second kappa shape index (κ2) is 15.2. The minimum Gasteiger partial charge on any atom is -0.496 e. The van der Waals surface area contributed by atoms with Gasteiger partial charge < -0.3 is 24.2 Å². The molecule has 1 fully saturated rings. The topological polar surface area (TPSA) is 97.3 Å². The number of carboxylic acids is 1. The van der Waals surface area contributed by atoms with Crippen molar-refractivity contribution in [2.75, 3.05) is 53.5 Å². The van der Waals surface area contributed by atoms with Gasteiger partial charge in [0, 0.05) is 62.9 Å². The Kier molecular flexibility index (Phi) is 10.8. The summed E-state index contributed by atoms with van der Waals surface area (Å²) in [6.45, 7) is 9.49. The van der Waals surface area contributed by atoms with E-state index < -0.39 is 17.9 Å². The van der Waals surface area contributed by atoms with Gasteiger partial charge in [0.25, 0.3) is 0 Å². The summed E-state index contributed by atoms with van der Waals surface area (Å²) in [6, 6.07) is 13.5. The highest BCUT2D eigenvalue weighted by Crippen LogP contribution is 2.48. The van der Waals surface area contributed by atoms with E-state index in [1.54, 1.807) is 31.5 Å². The fourth-order valence-corrected chi connectivity index (χ4v) is 7.52. The summed E-state index contributed by atoms with van der Waals surface area (Å²) in [6.07, 6.45) is 1.01. The second-order valence-corrected chi connectivity index (χ2v) is 13.7. The lowest BCUT2D eigenvalue weighted by molar-refractivity contribution is -0.145. The summed E-state index contributed by atoms with van der Waals surface area (Å²) in [7, 11) is 3.68. The van der Waals surface area contributed by atoms with Crippen LogP contribution in [0.5, 0.6) is 11.6 Å². The number of benzene rings is 2. The molecular formula is C37H40ClFN4O5S. The summed E-state index contributed by atoms with van der Waals surface area (Å²) < 4.78 is 38.0. The molecule has 9 nitrogen and oxygen atoms in total. The van der Waals surface area contributed by atoms with Crippen LogP contribution in [0.25, 0.3) is 26.9 Å². The number of nitrogens with zero attached hydrogens (tertiary/aromatic N) is 4. The third-order valence-corrected chi connectivity index (χ3v) is 10.5. The molecule has 3 heterocycles. The van der Waals surface area contributed by atoms with E-state index in [4.69, 9.17) is 30.8 Å². The van der Waals surface area contributed by atoms with Crippen LogP contribution in [0.1, 0.15) is 31.4 Å². The Hall–Kier alpha value is -4.03. The number of methoxy groups -OCH3 is 1. The van der Waals surface area contributed by atoms with Crippen molar-refractivity contribution in [3.8, 4) is 22.9 Å². The maximum Gasteiger partial charge on any atom is 0.345 e. The quantitative estimate of drug-likeness (QED) is 0.165. The highest BCUT2D eigenvalue weighted by Gasteiger charge is 2.33. The Balaban J connectivity index is 1.41. The van der Waals surface area contributed by atoms with Gasteiger partial charge in [0.2, 0.25) is 12.0 Å². The molecule has 2 aromatic carbocycles. The lowest BCUT2D eigenvalue weighted by atomic mass is 9.80. The third-order valence-electron chi connectivity index (χ3n) is 9.22. The average molecular weight is 707 g/mol. The van der Waals surface area contributed by atoms with Crippen LogP contribution in [-0.2, 0) is 16.0 Å². The summed E-state index contributed by atoms with van der Waals surface area (Å²) in [4.78, 5) is 22.1. The fourth-order valence-electron chi connectivity index (χ4n) is 6.59. The Labute approximate surface area is 294 Å². The van der Waals surface area contributed by atoms with Gasteiger partial charge in [-0.3, -0.25) is 9.88 Å². The van der Waals surface area contributed by atoms with Crippen LogP contribution in [-0.4, -0.2) is 89.8 Å². The number of piperazine rings is 1. The van der Waals surface area contributed by atoms with Crippen molar-refractivity contribution < 1.29 is 28.5 Å². The zero-order valence-corrected chi connectivity index (χ0v) is 29.6. The monoisotopic (exact) mass is 706 g/mol. The first kappa shape index (κ1) is 34.8. The molecule has 2 aliphatic rings. The number of para-hydroxylation sites is 1. The van der Waals surface area contributed by atoms with Crippen LogP contribution in [0.2, 0.25) is 0 Å². The molecule has 6 rings (SSSR count). The van der Waals surface area contributed by atoms with E-state index in [1.807, 2.05) is 25.1 Å². The molecule has 1 saturated heterocycles. The molecule has 0 radical (unpaired) electrons. The average Bonchev–Trinajstić information content (AvgIpc) is 3.50. The van der Waals surface area contributed by atoms with Crippen LogP contribution in [0.4, 0.5) is 4.39 Å². The number of fused-ring (bicyclic) bond motifs is 1. The van der Waals surface area contributed by atoms with Crippen LogP contribution in [0, 0.1) is 11.7 Å². The molecule has 258 valence electrons. The third kappa shape index (κ3) is 7.60. The van der Waals surface area contributed by atoms with Gasteiger partial charge in [-0.25, -0.2) is 9.18 Å². The Morgan fingerprint density at radius 3 is 2.67 bits per heavy atom. The number of rotatable bonds is 12. The summed E-state index contributed by atoms with van der Waals surface area (Å²) in [5, 5.41) is 11.4. The van der Waals surface area contributed by atoms with Crippen molar-refractivity contribution in [1.29, 1.82) is 0 Å². The molecule has 2 aromatic heterocycles. The smallest absolute Gasteiger partial charge is 0.345 e. The Morgan fingerprint density at radius 2 is 1.94 bits per heavy atom. The largest absolute Gasteiger partial charge is 0.496 e. The highest BCUT2D eigenvalue weighted by molar-refractivity contribution is 7.13. The number of carbonyl (C=O) groups is 1. The first-order valence-electron chi connectivity index (χ1n) is 16.3. The highest BCUT2D eigenvalue weighted by atomic mass is 35.5. The van der Waals surface area contributed by atoms with E-state index >= 15 is 0 Å². The van der Waals surface area contributed by atoms with E-state index in [2.05, 4.69) is 28.1 Å². The van der Waals surface area contributed by atoms with Crippen molar-refractivity contribution in [2.45, 2.75) is 32.8 Å². The van der Waals surface area contributed by atoms with Gasteiger partial charge in [-0.15, -0.1) is 0 Å². The number of halogens is 2. The predicted molar refractivity (Wildman–Crippen MR) is 191 cm³/mol. The summed E-state index contributed by atoms with van der Waals surface area (Å²) in [5.74, 6) is -0.141. The van der Waals surface area contributed by atoms with Crippen molar-refractivity contribution in [3.05, 3.63) is 88.0 Å². The molecule has 49 heavy (non-hydrogen) atoms. The molecule has 4 aromatic rings. The van der Waals surface area contributed by atoms with Crippen molar-refractivity contribution in [3.63, 3.8) is 0 Å². The minimum absolute atomic E-state index is 0.0526. The summed E-state index contributed by atoms with van der Waals surface area (Å²) in [5.41, 5.74) is 4.18. The van der Waals surface area contributed by atoms with Crippen LogP contribution >= 0.6 is 23.1 Å². The van der Waals surface area contributed by atoms with E-state index in [9.17, 15) is 14.3 Å². The van der Waals surface area contributed by atoms with E-state index in [-0.39, 0.29) is 18.2 Å². The molecule has 1 aliphatic carbocycles. The molecule has 1 unspecified atom stereocenters. The zero-order valence-electron chi connectivity index (χ0n) is 28.0. The lowest BCUT2D eigenvalue weighted by Gasteiger charge is -2.33. The van der Waals surface area contributed by atoms with Gasteiger partial charge >= 0.3 is 5.97 Å². The number of allylic oxidation sites excluding steroid dienone is 4. The van der Waals surface area contributed by atoms with Gasteiger partial charge in [-0.2, -0.15) is 4.37 Å². The normalized spacial score (nSPS) is 18.2. The van der Waals surface area contributed by atoms with Crippen molar-refractivity contribution in [1.82, 2.24) is 19.2 Å². The predicted octanol–water partition coefficient (Wildman–Crippen LogP) is 7.11. The number of aromatic nitrogens is 2. The summed E-state index contributed by atoms with van der Waals surface area (Å²) >= 11 is 8.25. The molecular weight excluding hydrogens is 667 g/mol. The SMILES string of the molecule is COc1ccccc1C[C@@H](Oc1nsc2cnc(-c3cccc(F)c3)c(C3=C(C)C(Cl)=C(OCCN4CCN(C)CC4)CC3C)c12)C(=O)O. The standard InChI is InChI=1S/C37H40ClFN4O5S/c1-22-18-28(47-17-16-43-14-12-42(3)13-15-43)34(38)23(2)31(22)33-32-30(21-40-35(33)25-9-7-10-26(39)19-25)49-41-36(32)48-29(37(44)45)20-24-8-5-6-11-27(24)46-4/h5-11,19,21-22,29H,12-18,20H2,1-4H3,(H,44,45)/t22?,29-/m1/s1. The molecule has 0 spiro atoms. The zero-order chi connectivity index (χ0) is 34.7. The number of hydrogen-bond acceptors (Lipinski definition) is 9. The van der Waals surface area contributed by atoms with Crippen molar-refractivity contribution >= 4 is 44.8 Å².